The number of aryl methyl sites for hydroxylation is 1. The lowest BCUT2D eigenvalue weighted by Crippen LogP contribution is -2.04. The number of nitrogens with zero attached hydrogens (tertiary/aromatic N) is 3. The molecular weight excluding hydrogens is 289 g/mol. The molecule has 0 bridgehead atoms. The van der Waals surface area contributed by atoms with E-state index in [1.165, 1.54) is 6.07 Å². The second-order valence-electron chi connectivity index (χ2n) is 3.77. The maximum absolute atomic E-state index is 13.6. The molecule has 6 heteroatoms. The molecule has 4 nitrogen and oxygen atoms in total. The Morgan fingerprint density at radius 2 is 2.29 bits per heavy atom. The van der Waals surface area contributed by atoms with Crippen molar-refractivity contribution in [3.63, 3.8) is 0 Å². The first kappa shape index (κ1) is 12.2. The van der Waals surface area contributed by atoms with Gasteiger partial charge in [-0.1, -0.05) is 27.2 Å². The molecule has 1 atom stereocenters. The Bertz CT molecular complexity index is 529. The first-order valence-corrected chi connectivity index (χ1v) is 5.84. The first-order chi connectivity index (χ1) is 8.06. The molecule has 0 aliphatic carbocycles. The highest BCUT2D eigenvalue weighted by molar-refractivity contribution is 9.10. The number of aliphatic hydroxyl groups excluding tert-OH is 1. The highest BCUT2D eigenvalue weighted by atomic mass is 79.9. The van der Waals surface area contributed by atoms with Gasteiger partial charge in [-0.25, -0.2) is 4.39 Å². The van der Waals surface area contributed by atoms with Crippen LogP contribution in [0.5, 0.6) is 0 Å². The van der Waals surface area contributed by atoms with Crippen LogP contribution < -0.4 is 0 Å². The number of benzene rings is 1. The Morgan fingerprint density at radius 3 is 2.88 bits per heavy atom. The minimum Gasteiger partial charge on any atom is -0.388 e. The van der Waals surface area contributed by atoms with Crippen molar-refractivity contribution in [1.29, 1.82) is 0 Å². The van der Waals surface area contributed by atoms with E-state index in [1.54, 1.807) is 30.1 Å². The van der Waals surface area contributed by atoms with E-state index in [4.69, 9.17) is 0 Å². The Labute approximate surface area is 106 Å². The summed E-state index contributed by atoms with van der Waals surface area (Å²) < 4.78 is 15.8. The van der Waals surface area contributed by atoms with Crippen molar-refractivity contribution in [2.45, 2.75) is 12.5 Å². The average Bonchev–Trinajstić information content (AvgIpc) is 2.63. The lowest BCUT2D eigenvalue weighted by atomic mass is 10.0. The van der Waals surface area contributed by atoms with Crippen LogP contribution >= 0.6 is 15.9 Å². The molecule has 0 fully saturated rings. The van der Waals surface area contributed by atoms with Crippen molar-refractivity contribution in [3.8, 4) is 0 Å². The second kappa shape index (κ2) is 4.93. The summed E-state index contributed by atoms with van der Waals surface area (Å²) in [6.45, 7) is 0. The molecule has 0 saturated heterocycles. The van der Waals surface area contributed by atoms with E-state index in [9.17, 15) is 9.50 Å². The smallest absolute Gasteiger partial charge is 0.130 e. The highest BCUT2D eigenvalue weighted by Gasteiger charge is 2.15. The van der Waals surface area contributed by atoms with E-state index in [0.717, 1.165) is 0 Å². The predicted octanol–water partition coefficient (Wildman–Crippen LogP) is 1.99. The number of aliphatic hydroxyl groups is 1. The normalized spacial score (nSPS) is 12.7. The van der Waals surface area contributed by atoms with E-state index in [1.807, 2.05) is 0 Å². The molecule has 1 unspecified atom stereocenters. The zero-order valence-electron chi connectivity index (χ0n) is 9.14. The molecule has 1 aromatic heterocycles. The van der Waals surface area contributed by atoms with Crippen LogP contribution in [0.4, 0.5) is 4.39 Å². The van der Waals surface area contributed by atoms with E-state index in [-0.39, 0.29) is 12.0 Å². The minimum absolute atomic E-state index is 0.242. The summed E-state index contributed by atoms with van der Waals surface area (Å²) in [5.41, 5.74) is 0.890. The zero-order valence-corrected chi connectivity index (χ0v) is 10.7. The van der Waals surface area contributed by atoms with Crippen molar-refractivity contribution in [2.24, 2.45) is 7.05 Å². The van der Waals surface area contributed by atoms with E-state index in [0.29, 0.717) is 10.2 Å². The zero-order chi connectivity index (χ0) is 12.4. The number of rotatable bonds is 3. The molecule has 90 valence electrons. The molecule has 1 N–H and O–H groups in total. The van der Waals surface area contributed by atoms with Gasteiger partial charge in [0.1, 0.15) is 5.82 Å². The van der Waals surface area contributed by atoms with Gasteiger partial charge in [-0.3, -0.25) is 4.68 Å². The lowest BCUT2D eigenvalue weighted by molar-refractivity contribution is 0.172. The van der Waals surface area contributed by atoms with Gasteiger partial charge in [0.05, 0.1) is 11.8 Å². The summed E-state index contributed by atoms with van der Waals surface area (Å²) in [7, 11) is 1.74. The standard InChI is InChI=1S/C11H11BrFN3O/c1-16-6-8(14-15-16)5-11(17)9-3-2-7(12)4-10(9)13/h2-4,6,11,17H,5H2,1H3. The van der Waals surface area contributed by atoms with Gasteiger partial charge in [0.25, 0.3) is 0 Å². The average molecular weight is 300 g/mol. The van der Waals surface area contributed by atoms with Gasteiger partial charge in [0, 0.05) is 29.7 Å². The lowest BCUT2D eigenvalue weighted by Gasteiger charge is -2.10. The summed E-state index contributed by atoms with van der Waals surface area (Å²) in [6.07, 6.45) is 1.02. The Morgan fingerprint density at radius 1 is 1.53 bits per heavy atom. The quantitative estimate of drug-likeness (QED) is 0.943. The molecule has 1 aromatic carbocycles. The molecule has 0 amide bonds. The third-order valence-corrected chi connectivity index (χ3v) is 2.87. The fourth-order valence-electron chi connectivity index (χ4n) is 1.57. The number of halogens is 2. The van der Waals surface area contributed by atoms with Gasteiger partial charge in [-0.15, -0.1) is 5.10 Å². The van der Waals surface area contributed by atoms with Crippen LogP contribution in [0.15, 0.2) is 28.9 Å². The molecule has 1 heterocycles. The van der Waals surface area contributed by atoms with Crippen molar-refractivity contribution < 1.29 is 9.50 Å². The maximum atomic E-state index is 13.6. The van der Waals surface area contributed by atoms with Crippen LogP contribution in [0.3, 0.4) is 0 Å². The van der Waals surface area contributed by atoms with Gasteiger partial charge in [0.2, 0.25) is 0 Å². The van der Waals surface area contributed by atoms with Crippen LogP contribution in [-0.4, -0.2) is 20.1 Å². The predicted molar refractivity (Wildman–Crippen MR) is 63.8 cm³/mol. The largest absolute Gasteiger partial charge is 0.388 e. The van der Waals surface area contributed by atoms with Crippen molar-refractivity contribution >= 4 is 15.9 Å². The molecule has 0 radical (unpaired) electrons. The summed E-state index contributed by atoms with van der Waals surface area (Å²) in [6, 6.07) is 4.58. The van der Waals surface area contributed by atoms with E-state index >= 15 is 0 Å². The van der Waals surface area contributed by atoms with Crippen molar-refractivity contribution in [2.75, 3.05) is 0 Å². The third kappa shape index (κ3) is 2.89. The van der Waals surface area contributed by atoms with Gasteiger partial charge < -0.3 is 5.11 Å². The SMILES string of the molecule is Cn1cc(CC(O)c2ccc(Br)cc2F)nn1. The van der Waals surface area contributed by atoms with Crippen LogP contribution in [0.25, 0.3) is 0 Å². The summed E-state index contributed by atoms with van der Waals surface area (Å²) in [5, 5.41) is 17.5. The highest BCUT2D eigenvalue weighted by Crippen LogP contribution is 2.23. The van der Waals surface area contributed by atoms with Gasteiger partial charge in [0.15, 0.2) is 0 Å². The van der Waals surface area contributed by atoms with Crippen molar-refractivity contribution in [3.05, 3.63) is 45.9 Å². The third-order valence-electron chi connectivity index (χ3n) is 2.37. The van der Waals surface area contributed by atoms with E-state index in [2.05, 4.69) is 26.2 Å². The molecule has 17 heavy (non-hydrogen) atoms. The second-order valence-corrected chi connectivity index (χ2v) is 4.68. The Hall–Kier alpha value is -1.27. The minimum atomic E-state index is -0.917. The molecule has 0 aliphatic heterocycles. The van der Waals surface area contributed by atoms with Crippen LogP contribution in [0.1, 0.15) is 17.4 Å². The molecule has 2 rings (SSSR count). The van der Waals surface area contributed by atoms with E-state index < -0.39 is 11.9 Å². The Kier molecular flexibility index (Phi) is 3.54. The fourth-order valence-corrected chi connectivity index (χ4v) is 1.90. The van der Waals surface area contributed by atoms with Crippen LogP contribution in [-0.2, 0) is 13.5 Å². The van der Waals surface area contributed by atoms with Gasteiger partial charge in [-0.05, 0) is 12.1 Å². The monoisotopic (exact) mass is 299 g/mol. The summed E-state index contributed by atoms with van der Waals surface area (Å²) >= 11 is 3.17. The van der Waals surface area contributed by atoms with Crippen molar-refractivity contribution in [1.82, 2.24) is 15.0 Å². The summed E-state index contributed by atoms with van der Waals surface area (Å²) in [4.78, 5) is 0. The topological polar surface area (TPSA) is 50.9 Å². The fraction of sp³-hybridized carbons (Fsp3) is 0.273. The summed E-state index contributed by atoms with van der Waals surface area (Å²) in [5.74, 6) is -0.434. The number of hydrogen-bond donors (Lipinski definition) is 1. The van der Waals surface area contributed by atoms with Gasteiger partial charge >= 0.3 is 0 Å². The molecule has 0 aliphatic rings. The van der Waals surface area contributed by atoms with Crippen LogP contribution in [0.2, 0.25) is 0 Å². The number of aromatic nitrogens is 3. The Balaban J connectivity index is 2.17. The molecule has 0 saturated carbocycles. The molecule has 2 aromatic rings. The van der Waals surface area contributed by atoms with Crippen LogP contribution in [0, 0.1) is 5.82 Å². The van der Waals surface area contributed by atoms with Gasteiger partial charge in [-0.2, -0.15) is 0 Å². The molecule has 0 spiro atoms. The first-order valence-electron chi connectivity index (χ1n) is 5.04. The maximum Gasteiger partial charge on any atom is 0.130 e. The molecular formula is C11H11BrFN3O. The number of hydrogen-bond acceptors (Lipinski definition) is 3.